The van der Waals surface area contributed by atoms with E-state index in [1.54, 1.807) is 0 Å². The molecule has 4 atom stereocenters. The Hall–Kier alpha value is -1.06. The molecule has 1 N–H and O–H groups in total. The van der Waals surface area contributed by atoms with Crippen molar-refractivity contribution in [3.05, 3.63) is 0 Å². The molecule has 208 valence electrons. The Morgan fingerprint density at radius 2 is 1.26 bits per heavy atom. The third-order valence-corrected chi connectivity index (χ3v) is 7.99. The van der Waals surface area contributed by atoms with Gasteiger partial charge in [0, 0.05) is 6.42 Å². The number of carboxylic acids is 1. The normalized spacial score (nSPS) is 15.1. The SMILES string of the molecule is CCCCC(CC)COC(=O)C(CC(CC)CCCC)C(CCCCCCCCC(=O)O)C(C)C. The summed E-state index contributed by atoms with van der Waals surface area (Å²) in [5, 5.41) is 8.77. The van der Waals surface area contributed by atoms with Crippen LogP contribution < -0.4 is 0 Å². The van der Waals surface area contributed by atoms with Crippen molar-refractivity contribution in [2.24, 2.45) is 29.6 Å². The minimum Gasteiger partial charge on any atom is -0.481 e. The summed E-state index contributed by atoms with van der Waals surface area (Å²) in [5.74, 6) is 1.31. The van der Waals surface area contributed by atoms with Gasteiger partial charge >= 0.3 is 11.9 Å². The van der Waals surface area contributed by atoms with E-state index in [0.29, 0.717) is 30.3 Å². The summed E-state index contributed by atoms with van der Waals surface area (Å²) in [6, 6.07) is 0. The van der Waals surface area contributed by atoms with Gasteiger partial charge in [-0.15, -0.1) is 0 Å². The van der Waals surface area contributed by atoms with Crippen LogP contribution in [0.2, 0.25) is 0 Å². The van der Waals surface area contributed by atoms with E-state index in [-0.39, 0.29) is 18.3 Å². The van der Waals surface area contributed by atoms with Gasteiger partial charge in [0.25, 0.3) is 0 Å². The van der Waals surface area contributed by atoms with Crippen LogP contribution in [0.4, 0.5) is 0 Å². The summed E-state index contributed by atoms with van der Waals surface area (Å²) >= 11 is 0. The zero-order valence-electron chi connectivity index (χ0n) is 24.3. The molecule has 4 nitrogen and oxygen atoms in total. The highest BCUT2D eigenvalue weighted by Crippen LogP contribution is 2.35. The number of hydrogen-bond donors (Lipinski definition) is 1. The molecule has 0 aromatic carbocycles. The van der Waals surface area contributed by atoms with Crippen LogP contribution >= 0.6 is 0 Å². The number of aliphatic carboxylic acids is 1. The predicted molar refractivity (Wildman–Crippen MR) is 149 cm³/mol. The van der Waals surface area contributed by atoms with Crippen LogP contribution in [0.5, 0.6) is 0 Å². The van der Waals surface area contributed by atoms with E-state index in [1.165, 1.54) is 38.5 Å². The average Bonchev–Trinajstić information content (AvgIpc) is 2.83. The first kappa shape index (κ1) is 33.9. The second kappa shape index (κ2) is 22.2. The molecule has 4 unspecified atom stereocenters. The molecule has 0 aliphatic carbocycles. The molecular formula is C31H60O4. The maximum absolute atomic E-state index is 13.5. The van der Waals surface area contributed by atoms with Gasteiger partial charge in [-0.1, -0.05) is 119 Å². The van der Waals surface area contributed by atoms with Gasteiger partial charge in [-0.2, -0.15) is 0 Å². The molecule has 0 aromatic rings. The molecule has 0 bridgehead atoms. The lowest BCUT2D eigenvalue weighted by Crippen LogP contribution is -2.32. The highest BCUT2D eigenvalue weighted by molar-refractivity contribution is 5.72. The fraction of sp³-hybridized carbons (Fsp3) is 0.935. The van der Waals surface area contributed by atoms with Crippen molar-refractivity contribution in [3.63, 3.8) is 0 Å². The molecule has 0 amide bonds. The monoisotopic (exact) mass is 496 g/mol. The first-order valence-corrected chi connectivity index (χ1v) is 15.2. The van der Waals surface area contributed by atoms with Gasteiger partial charge < -0.3 is 9.84 Å². The van der Waals surface area contributed by atoms with Crippen LogP contribution in [-0.2, 0) is 14.3 Å². The van der Waals surface area contributed by atoms with Crippen LogP contribution in [0.3, 0.4) is 0 Å². The molecule has 4 heteroatoms. The molecule has 35 heavy (non-hydrogen) atoms. The van der Waals surface area contributed by atoms with Crippen molar-refractivity contribution in [3.8, 4) is 0 Å². The molecule has 0 aliphatic heterocycles. The first-order valence-electron chi connectivity index (χ1n) is 15.2. The molecule has 0 rings (SSSR count). The lowest BCUT2D eigenvalue weighted by atomic mass is 9.74. The van der Waals surface area contributed by atoms with Crippen molar-refractivity contribution in [2.45, 2.75) is 151 Å². The quantitative estimate of drug-likeness (QED) is 0.107. The Morgan fingerprint density at radius 3 is 1.77 bits per heavy atom. The maximum atomic E-state index is 13.5. The van der Waals surface area contributed by atoms with Gasteiger partial charge in [-0.3, -0.25) is 9.59 Å². The number of rotatable bonds is 24. The van der Waals surface area contributed by atoms with E-state index in [1.807, 2.05) is 0 Å². The molecule has 0 spiro atoms. The third-order valence-electron chi connectivity index (χ3n) is 7.99. The van der Waals surface area contributed by atoms with E-state index in [2.05, 4.69) is 41.5 Å². The van der Waals surface area contributed by atoms with Crippen LogP contribution in [-0.4, -0.2) is 23.7 Å². The first-order chi connectivity index (χ1) is 16.8. The van der Waals surface area contributed by atoms with Crippen molar-refractivity contribution < 1.29 is 19.4 Å². The fourth-order valence-corrected chi connectivity index (χ4v) is 5.35. The van der Waals surface area contributed by atoms with Crippen molar-refractivity contribution >= 4 is 11.9 Å². The fourth-order valence-electron chi connectivity index (χ4n) is 5.35. The van der Waals surface area contributed by atoms with Crippen LogP contribution in [0.25, 0.3) is 0 Å². The number of hydrogen-bond acceptors (Lipinski definition) is 3. The second-order valence-electron chi connectivity index (χ2n) is 11.3. The molecule has 0 aromatic heterocycles. The highest BCUT2D eigenvalue weighted by atomic mass is 16.5. The second-order valence-corrected chi connectivity index (χ2v) is 11.3. The lowest BCUT2D eigenvalue weighted by Gasteiger charge is -2.32. The van der Waals surface area contributed by atoms with E-state index >= 15 is 0 Å². The number of carboxylic acid groups (broad SMARTS) is 1. The van der Waals surface area contributed by atoms with Crippen LogP contribution in [0, 0.1) is 29.6 Å². The standard InChI is InChI=1S/C31H60O4/c1-7-11-19-26(9-3)23-29(31(34)35-24-27(10-4)20-12-8-2)28(25(5)6)21-17-15-13-14-16-18-22-30(32)33/h25-29H,7-24H2,1-6H3,(H,32,33). The van der Waals surface area contributed by atoms with Crippen LogP contribution in [0.15, 0.2) is 0 Å². The smallest absolute Gasteiger partial charge is 0.309 e. The van der Waals surface area contributed by atoms with Gasteiger partial charge in [0.15, 0.2) is 0 Å². The summed E-state index contributed by atoms with van der Waals surface area (Å²) < 4.78 is 6.04. The Labute approximate surface area is 218 Å². The third kappa shape index (κ3) is 17.1. The maximum Gasteiger partial charge on any atom is 0.309 e. The number of carbonyl (C=O) groups excluding carboxylic acids is 1. The van der Waals surface area contributed by atoms with Gasteiger partial charge in [0.1, 0.15) is 0 Å². The zero-order valence-corrected chi connectivity index (χ0v) is 24.3. The number of esters is 1. The van der Waals surface area contributed by atoms with E-state index < -0.39 is 5.97 Å². The minimum atomic E-state index is -0.692. The minimum absolute atomic E-state index is 0.0102. The molecular weight excluding hydrogens is 436 g/mol. The molecule has 0 fully saturated rings. The lowest BCUT2D eigenvalue weighted by molar-refractivity contribution is -0.154. The van der Waals surface area contributed by atoms with Gasteiger partial charge in [-0.05, 0) is 49.4 Å². The zero-order chi connectivity index (χ0) is 26.5. The Bertz CT molecular complexity index is 516. The molecule has 0 aliphatic rings. The Kier molecular flexibility index (Phi) is 21.5. The summed E-state index contributed by atoms with van der Waals surface area (Å²) in [6.45, 7) is 14.1. The Balaban J connectivity index is 5.05. The molecule has 0 radical (unpaired) electrons. The van der Waals surface area contributed by atoms with Gasteiger partial charge in [0.2, 0.25) is 0 Å². The van der Waals surface area contributed by atoms with E-state index in [0.717, 1.165) is 64.2 Å². The highest BCUT2D eigenvalue weighted by Gasteiger charge is 2.33. The Morgan fingerprint density at radius 1 is 0.714 bits per heavy atom. The van der Waals surface area contributed by atoms with Crippen molar-refractivity contribution in [2.75, 3.05) is 6.61 Å². The van der Waals surface area contributed by atoms with E-state index in [9.17, 15) is 9.59 Å². The molecule has 0 heterocycles. The van der Waals surface area contributed by atoms with Gasteiger partial charge in [-0.25, -0.2) is 0 Å². The number of ether oxygens (including phenoxy) is 1. The average molecular weight is 497 g/mol. The summed E-state index contributed by atoms with van der Waals surface area (Å²) in [5.41, 5.74) is 0. The largest absolute Gasteiger partial charge is 0.481 e. The summed E-state index contributed by atoms with van der Waals surface area (Å²) in [6.07, 6.45) is 18.1. The number of carbonyl (C=O) groups is 2. The van der Waals surface area contributed by atoms with E-state index in [4.69, 9.17) is 9.84 Å². The predicted octanol–water partition coefficient (Wildman–Crippen LogP) is 9.45. The molecule has 0 saturated heterocycles. The molecule has 0 saturated carbocycles. The summed E-state index contributed by atoms with van der Waals surface area (Å²) in [4.78, 5) is 24.2. The van der Waals surface area contributed by atoms with Crippen molar-refractivity contribution in [1.29, 1.82) is 0 Å². The van der Waals surface area contributed by atoms with Crippen molar-refractivity contribution in [1.82, 2.24) is 0 Å². The summed E-state index contributed by atoms with van der Waals surface area (Å²) in [7, 11) is 0. The topological polar surface area (TPSA) is 63.6 Å². The van der Waals surface area contributed by atoms with Crippen LogP contribution in [0.1, 0.15) is 151 Å². The van der Waals surface area contributed by atoms with Gasteiger partial charge in [0.05, 0.1) is 12.5 Å². The number of unbranched alkanes of at least 4 members (excludes halogenated alkanes) is 7.